The zero-order valence-electron chi connectivity index (χ0n) is 49.1. The maximum absolute atomic E-state index is 15.0. The van der Waals surface area contributed by atoms with Crippen molar-refractivity contribution >= 4 is 58.4 Å². The number of carbonyl (C=O) groups is 7. The quantitative estimate of drug-likeness (QED) is 0.0378. The topological polar surface area (TPSA) is 252 Å². The maximum atomic E-state index is 15.0. The van der Waals surface area contributed by atoms with E-state index in [0.717, 1.165) is 24.0 Å². The maximum Gasteiger partial charge on any atom is 0.335 e. The standard InChI is InChI=1S/C60H88N6O13S/c1-13-36(5)44(57(71)65(10)47(35(3)4)32-51(76-14-2)56-64-46(34-80-56)55(70)62-43(28-37(6)58(72)73)29-41-20-16-15-17-21-41)31-49(68)48-22-18-19-27-66(48,11)33-42-23-24-50(45(30-42)63-52(69)25-26-61)78-60-54(77-40(9)67)39(8)38(7)53(79-60)59(74)75-12/h15-17,20-21,23-24,30,34-39,43-44,47-48,51,53-54,60H,13-14,18-19,22,25-29,31-33,61H2,1-12H3,(H2-,62,63,69,70,72,73)/p+1/t36-,37-,38-,39-,43+,44-,47+,48+,51+,53-,54+,60+,66?/m0/s1. The predicted molar refractivity (Wildman–Crippen MR) is 304 cm³/mol. The fraction of sp³-hybridized carbons (Fsp3) is 0.633. The molecule has 3 heterocycles. The molecular weight excluding hydrogens is 1040 g/mol. The van der Waals surface area contributed by atoms with Gasteiger partial charge in [-0.25, -0.2) is 9.78 Å². The smallest absolute Gasteiger partial charge is 0.335 e. The molecule has 2 aliphatic heterocycles. The molecule has 20 heteroatoms. The van der Waals surface area contributed by atoms with Crippen molar-refractivity contribution in [3.8, 4) is 5.75 Å². The lowest BCUT2D eigenvalue weighted by atomic mass is 9.82. The van der Waals surface area contributed by atoms with Crippen molar-refractivity contribution in [2.24, 2.45) is 41.2 Å². The van der Waals surface area contributed by atoms with Gasteiger partial charge in [-0.05, 0) is 74.1 Å². The van der Waals surface area contributed by atoms with Gasteiger partial charge in [0.15, 0.2) is 18.0 Å². The predicted octanol–water partition coefficient (Wildman–Crippen LogP) is 8.13. The van der Waals surface area contributed by atoms with Crippen LogP contribution in [0.25, 0.3) is 0 Å². The Morgan fingerprint density at radius 1 is 0.975 bits per heavy atom. The lowest BCUT2D eigenvalue weighted by molar-refractivity contribution is -0.941. The number of aromatic nitrogens is 1. The average molecular weight is 1130 g/mol. The number of quaternary nitrogens is 1. The molecule has 0 bridgehead atoms. The monoisotopic (exact) mass is 1130 g/mol. The number of nitrogens with one attached hydrogen (secondary N) is 2. The van der Waals surface area contributed by atoms with Gasteiger partial charge in [-0.2, -0.15) is 0 Å². The van der Waals surface area contributed by atoms with Crippen molar-refractivity contribution in [3.63, 3.8) is 0 Å². The fourth-order valence-corrected chi connectivity index (χ4v) is 12.2. The van der Waals surface area contributed by atoms with E-state index in [1.165, 1.54) is 25.4 Å². The fourth-order valence-electron chi connectivity index (χ4n) is 11.3. The van der Waals surface area contributed by atoms with Gasteiger partial charge >= 0.3 is 17.9 Å². The van der Waals surface area contributed by atoms with Gasteiger partial charge in [0.05, 0.1) is 32.3 Å². The summed E-state index contributed by atoms with van der Waals surface area (Å²) in [7, 11) is 5.14. The SMILES string of the molecule is CCO[C@H](C[C@H](C(C)C)N(C)C(=O)[C@@H](CC(=O)[C@H]1CCCC[N+]1(C)Cc1ccc(O[C@@H]2O[C@H](C(=O)OC)[C@@H](C)[C@H](C)[C@H]2OC(C)=O)c(NC(=O)CCN)c1)[C@@H](C)CC)c1nc(C(=O)N[C@@H](Cc2ccccc2)C[C@H](C)C(=O)O)cs1. The largest absolute Gasteiger partial charge is 0.481 e. The van der Waals surface area contributed by atoms with E-state index in [-0.39, 0.29) is 84.6 Å². The first-order chi connectivity index (χ1) is 37.9. The Bertz CT molecular complexity index is 2560. The molecule has 2 fully saturated rings. The molecule has 0 aliphatic carbocycles. The number of carbonyl (C=O) groups excluding carboxylic acids is 6. The van der Waals surface area contributed by atoms with E-state index >= 15 is 4.79 Å². The van der Waals surface area contributed by atoms with Crippen LogP contribution >= 0.6 is 11.3 Å². The van der Waals surface area contributed by atoms with Gasteiger partial charge in [-0.1, -0.05) is 85.2 Å². The molecule has 2 aromatic carbocycles. The molecule has 80 heavy (non-hydrogen) atoms. The average Bonchev–Trinajstić information content (AvgIpc) is 4.01. The molecule has 13 atom stereocenters. The van der Waals surface area contributed by atoms with Gasteiger partial charge in [0.2, 0.25) is 18.1 Å². The van der Waals surface area contributed by atoms with Crippen LogP contribution in [0.5, 0.6) is 5.75 Å². The molecule has 2 aliphatic rings. The van der Waals surface area contributed by atoms with Gasteiger partial charge in [0.1, 0.15) is 35.1 Å². The number of hydrogen-bond acceptors (Lipinski definition) is 15. The number of anilines is 1. The van der Waals surface area contributed by atoms with E-state index in [1.807, 2.05) is 71.0 Å². The minimum absolute atomic E-state index is 0.00968. The summed E-state index contributed by atoms with van der Waals surface area (Å²) in [6.07, 6.45) is 0.505. The summed E-state index contributed by atoms with van der Waals surface area (Å²) in [5.74, 6) is -4.97. The molecule has 1 unspecified atom stereocenters. The first-order valence-electron chi connectivity index (χ1n) is 28.4. The number of carboxylic acids is 1. The van der Waals surface area contributed by atoms with Gasteiger partial charge in [-0.3, -0.25) is 28.8 Å². The molecule has 19 nitrogen and oxygen atoms in total. The van der Waals surface area contributed by atoms with E-state index in [2.05, 4.69) is 31.5 Å². The normalized spacial score (nSPS) is 23.3. The van der Waals surface area contributed by atoms with E-state index in [1.54, 1.807) is 36.4 Å². The van der Waals surface area contributed by atoms with Gasteiger partial charge in [0, 0.05) is 87.7 Å². The zero-order chi connectivity index (χ0) is 59.0. The number of aliphatic carboxylic acids is 1. The summed E-state index contributed by atoms with van der Waals surface area (Å²) < 4.78 is 30.0. The number of nitrogens with zero attached hydrogens (tertiary/aromatic N) is 3. The number of benzene rings is 2. The Morgan fingerprint density at radius 2 is 1.69 bits per heavy atom. The Labute approximate surface area is 476 Å². The molecule has 1 aromatic heterocycles. The van der Waals surface area contributed by atoms with E-state index in [4.69, 9.17) is 34.4 Å². The number of likely N-dealkylation sites (N-methyl/N-ethyl adjacent to an activating group) is 1. The molecule has 0 spiro atoms. The van der Waals surface area contributed by atoms with Crippen molar-refractivity contribution in [1.82, 2.24) is 15.2 Å². The van der Waals surface area contributed by atoms with Crippen molar-refractivity contribution in [3.05, 3.63) is 75.7 Å². The Hall–Kier alpha value is -5.80. The number of thiazole rings is 1. The number of hydrogen-bond donors (Lipinski definition) is 4. The summed E-state index contributed by atoms with van der Waals surface area (Å²) in [4.78, 5) is 100. The second kappa shape index (κ2) is 30.3. The summed E-state index contributed by atoms with van der Waals surface area (Å²) in [5, 5.41) is 17.9. The number of ether oxygens (including phenoxy) is 5. The second-order valence-electron chi connectivity index (χ2n) is 22.7. The van der Waals surface area contributed by atoms with Crippen LogP contribution < -0.4 is 21.1 Å². The number of methoxy groups -OCH3 is 1. The van der Waals surface area contributed by atoms with Crippen LogP contribution in [-0.4, -0.2) is 138 Å². The first kappa shape index (κ1) is 65.0. The molecule has 3 amide bonds. The lowest BCUT2D eigenvalue weighted by Crippen LogP contribution is -2.58. The summed E-state index contributed by atoms with van der Waals surface area (Å²) in [6, 6.07) is 13.8. The Balaban J connectivity index is 1.35. The van der Waals surface area contributed by atoms with Crippen LogP contribution in [0.15, 0.2) is 53.9 Å². The number of rotatable bonds is 29. The number of piperidine rings is 1. The molecule has 5 N–H and O–H groups in total. The first-order valence-corrected chi connectivity index (χ1v) is 29.3. The molecular formula is C60H89N6O13S+. The van der Waals surface area contributed by atoms with Crippen LogP contribution in [0.2, 0.25) is 0 Å². The van der Waals surface area contributed by atoms with E-state index < -0.39 is 72.3 Å². The minimum Gasteiger partial charge on any atom is -0.481 e. The molecule has 3 aromatic rings. The van der Waals surface area contributed by atoms with Crippen LogP contribution in [0.1, 0.15) is 146 Å². The number of carboxylic acid groups (broad SMARTS) is 1. The third kappa shape index (κ3) is 17.4. The number of likely N-dealkylation sites (tertiary alicyclic amines) is 1. The number of amides is 3. The third-order valence-electron chi connectivity index (χ3n) is 16.4. The van der Waals surface area contributed by atoms with Gasteiger partial charge < -0.3 is 54.5 Å². The summed E-state index contributed by atoms with van der Waals surface area (Å²) in [6.45, 7) is 18.2. The molecule has 5 rings (SSSR count). The number of nitrogens with two attached hydrogens (primary N) is 1. The summed E-state index contributed by atoms with van der Waals surface area (Å²) >= 11 is 1.30. The molecule has 442 valence electrons. The highest BCUT2D eigenvalue weighted by molar-refractivity contribution is 7.09. The molecule has 0 saturated carbocycles. The third-order valence-corrected chi connectivity index (χ3v) is 17.3. The van der Waals surface area contributed by atoms with Crippen molar-refractivity contribution in [2.75, 3.05) is 46.2 Å². The second-order valence-corrected chi connectivity index (χ2v) is 23.5. The number of esters is 2. The number of Topliss-reactive ketones (excluding diaryl/α,β-unsaturated/α-hetero) is 1. The van der Waals surface area contributed by atoms with Crippen molar-refractivity contribution in [2.45, 2.75) is 169 Å². The number of ketones is 1. The highest BCUT2D eigenvalue weighted by atomic mass is 32.1. The van der Waals surface area contributed by atoms with Crippen LogP contribution in [0.3, 0.4) is 0 Å². The van der Waals surface area contributed by atoms with Crippen LogP contribution in [0, 0.1) is 35.5 Å². The van der Waals surface area contributed by atoms with Gasteiger partial charge in [-0.15, -0.1) is 11.3 Å². The minimum atomic E-state index is -1.24. The van der Waals surface area contributed by atoms with Crippen LogP contribution in [0.4, 0.5) is 5.69 Å². The highest BCUT2D eigenvalue weighted by Gasteiger charge is 2.49. The highest BCUT2D eigenvalue weighted by Crippen LogP contribution is 2.39. The molecule has 2 saturated heterocycles. The summed E-state index contributed by atoms with van der Waals surface area (Å²) in [5.41, 5.74) is 8.06. The van der Waals surface area contributed by atoms with E-state index in [0.29, 0.717) is 60.6 Å². The van der Waals surface area contributed by atoms with Crippen molar-refractivity contribution < 1.29 is 66.8 Å². The van der Waals surface area contributed by atoms with Gasteiger partial charge in [0.25, 0.3) is 5.91 Å². The Kier molecular flexibility index (Phi) is 24.6. The Morgan fingerprint density at radius 3 is 2.31 bits per heavy atom. The van der Waals surface area contributed by atoms with E-state index in [9.17, 15) is 33.9 Å². The van der Waals surface area contributed by atoms with Crippen LogP contribution in [-0.2, 0) is 60.7 Å². The molecule has 0 radical (unpaired) electrons. The van der Waals surface area contributed by atoms with Crippen molar-refractivity contribution in [1.29, 1.82) is 0 Å². The lowest BCUT2D eigenvalue weighted by Gasteiger charge is -2.45. The zero-order valence-corrected chi connectivity index (χ0v) is 49.9.